The van der Waals surface area contributed by atoms with E-state index in [9.17, 15) is 14.7 Å². The molecule has 8 heteroatoms. The molecular formula is C21H31N3O4S. The molecule has 2 bridgehead atoms. The van der Waals surface area contributed by atoms with Crippen LogP contribution in [-0.2, 0) is 22.6 Å². The number of fused-ring (bicyclic) bond motifs is 4. The Morgan fingerprint density at radius 2 is 2.14 bits per heavy atom. The number of carbonyl (C=O) groups excluding carboxylic acids is 1. The summed E-state index contributed by atoms with van der Waals surface area (Å²) in [4.78, 5) is 29.9. The number of hydrogen-bond acceptors (Lipinski definition) is 6. The molecule has 4 rings (SSSR count). The molecule has 1 amide bonds. The number of hydrogen-bond donors (Lipinski definition) is 1. The normalized spacial score (nSPS) is 27.0. The van der Waals surface area contributed by atoms with Crippen LogP contribution in [0.15, 0.2) is 16.9 Å². The van der Waals surface area contributed by atoms with Gasteiger partial charge in [-0.25, -0.2) is 0 Å². The summed E-state index contributed by atoms with van der Waals surface area (Å²) in [6.07, 6.45) is 3.52. The van der Waals surface area contributed by atoms with E-state index in [2.05, 4.69) is 11.0 Å². The van der Waals surface area contributed by atoms with E-state index in [4.69, 9.17) is 4.74 Å². The van der Waals surface area contributed by atoms with Gasteiger partial charge in [0.2, 0.25) is 5.91 Å². The van der Waals surface area contributed by atoms with Crippen molar-refractivity contribution >= 4 is 17.7 Å². The van der Waals surface area contributed by atoms with Crippen molar-refractivity contribution in [3.63, 3.8) is 0 Å². The molecule has 3 aliphatic rings. The van der Waals surface area contributed by atoms with E-state index < -0.39 is 0 Å². The second kappa shape index (κ2) is 9.20. The maximum absolute atomic E-state index is 13.2. The van der Waals surface area contributed by atoms with Gasteiger partial charge in [-0.2, -0.15) is 11.8 Å². The van der Waals surface area contributed by atoms with Gasteiger partial charge >= 0.3 is 0 Å². The lowest BCUT2D eigenvalue weighted by atomic mass is 9.83. The summed E-state index contributed by atoms with van der Waals surface area (Å²) in [7, 11) is 0. The van der Waals surface area contributed by atoms with E-state index in [0.717, 1.165) is 43.1 Å². The molecule has 1 aromatic heterocycles. The minimum Gasteiger partial charge on any atom is -0.394 e. The first-order chi connectivity index (χ1) is 14.1. The van der Waals surface area contributed by atoms with Crippen molar-refractivity contribution < 1.29 is 14.6 Å². The van der Waals surface area contributed by atoms with Crippen molar-refractivity contribution in [2.24, 2.45) is 5.92 Å². The van der Waals surface area contributed by atoms with Gasteiger partial charge in [0, 0.05) is 68.6 Å². The van der Waals surface area contributed by atoms with Crippen molar-refractivity contribution in [3.8, 4) is 0 Å². The Bertz CT molecular complexity index is 799. The lowest BCUT2D eigenvalue weighted by Gasteiger charge is -2.43. The van der Waals surface area contributed by atoms with Gasteiger partial charge in [-0.3, -0.25) is 14.5 Å². The van der Waals surface area contributed by atoms with Crippen LogP contribution in [0, 0.1) is 5.92 Å². The van der Waals surface area contributed by atoms with Crippen LogP contribution in [0.4, 0.5) is 0 Å². The maximum atomic E-state index is 13.2. The SMILES string of the molecule is CSCCC(=O)N1C[C@@H]2C[C@H](C1)c1ccc(CN3CCO[C@@H](CO)C3)c(=O)n1C2. The topological polar surface area (TPSA) is 75.0 Å². The van der Waals surface area contributed by atoms with Crippen LogP contribution >= 0.6 is 11.8 Å². The zero-order valence-corrected chi connectivity index (χ0v) is 17.9. The highest BCUT2D eigenvalue weighted by Gasteiger charge is 2.36. The second-order valence-corrected chi connectivity index (χ2v) is 9.44. The fourth-order valence-electron chi connectivity index (χ4n) is 4.94. The third-order valence-corrected chi connectivity index (χ3v) is 6.99. The molecule has 0 aliphatic carbocycles. The minimum absolute atomic E-state index is 0.00912. The smallest absolute Gasteiger partial charge is 0.255 e. The molecule has 3 aliphatic heterocycles. The predicted molar refractivity (Wildman–Crippen MR) is 113 cm³/mol. The van der Waals surface area contributed by atoms with Gasteiger partial charge in [0.1, 0.15) is 0 Å². The highest BCUT2D eigenvalue weighted by molar-refractivity contribution is 7.98. The number of thioether (sulfide) groups is 1. The molecule has 3 atom stereocenters. The minimum atomic E-state index is -0.168. The monoisotopic (exact) mass is 421 g/mol. The Morgan fingerprint density at radius 1 is 1.28 bits per heavy atom. The summed E-state index contributed by atoms with van der Waals surface area (Å²) >= 11 is 1.70. The van der Waals surface area contributed by atoms with Gasteiger partial charge in [0.05, 0.1) is 19.3 Å². The molecule has 7 nitrogen and oxygen atoms in total. The van der Waals surface area contributed by atoms with Crippen LogP contribution in [-0.4, -0.2) is 82.9 Å². The Kier molecular flexibility index (Phi) is 6.63. The first-order valence-corrected chi connectivity index (χ1v) is 11.9. The number of rotatable bonds is 6. The van der Waals surface area contributed by atoms with Gasteiger partial charge in [-0.05, 0) is 24.7 Å². The van der Waals surface area contributed by atoms with Gasteiger partial charge in [0.25, 0.3) is 5.56 Å². The predicted octanol–water partition coefficient (Wildman–Crippen LogP) is 0.740. The van der Waals surface area contributed by atoms with E-state index in [1.807, 2.05) is 21.8 Å². The van der Waals surface area contributed by atoms with Gasteiger partial charge < -0.3 is 19.3 Å². The van der Waals surface area contributed by atoms with Crippen molar-refractivity contribution in [1.82, 2.24) is 14.4 Å². The van der Waals surface area contributed by atoms with Crippen LogP contribution in [0.1, 0.15) is 30.0 Å². The molecule has 0 aromatic carbocycles. The summed E-state index contributed by atoms with van der Waals surface area (Å²) in [5.41, 5.74) is 1.99. The van der Waals surface area contributed by atoms with Crippen molar-refractivity contribution in [3.05, 3.63) is 33.7 Å². The first kappa shape index (κ1) is 20.9. The number of likely N-dealkylation sites (tertiary alicyclic amines) is 1. The lowest BCUT2D eigenvalue weighted by Crippen LogP contribution is -2.50. The molecule has 0 saturated carbocycles. The molecule has 1 N–H and O–H groups in total. The van der Waals surface area contributed by atoms with E-state index in [1.54, 1.807) is 11.8 Å². The van der Waals surface area contributed by atoms with Gasteiger partial charge in [-0.1, -0.05) is 6.07 Å². The fraction of sp³-hybridized carbons (Fsp3) is 0.714. The largest absolute Gasteiger partial charge is 0.394 e. The number of morpholine rings is 1. The number of amides is 1. The molecule has 4 heterocycles. The number of piperidine rings is 1. The zero-order chi connectivity index (χ0) is 20.4. The summed E-state index contributed by atoms with van der Waals surface area (Å²) in [5.74, 6) is 1.72. The van der Waals surface area contributed by atoms with E-state index in [1.165, 1.54) is 0 Å². The third-order valence-electron chi connectivity index (χ3n) is 6.38. The van der Waals surface area contributed by atoms with Crippen molar-refractivity contribution in [2.75, 3.05) is 51.4 Å². The van der Waals surface area contributed by atoms with Crippen LogP contribution in [0.25, 0.3) is 0 Å². The molecule has 2 fully saturated rings. The van der Waals surface area contributed by atoms with E-state index in [-0.39, 0.29) is 30.1 Å². The summed E-state index contributed by atoms with van der Waals surface area (Å²) in [6.45, 7) is 4.80. The standard InChI is InChI=1S/C21H31N3O4S/c1-29-7-4-20(26)23-9-15-8-17(12-23)19-3-2-16(21(27)24(19)10-15)11-22-5-6-28-18(13-22)14-25/h2-3,15,17-18,25H,4-14H2,1H3/t15-,17+,18+/m0/s1. The maximum Gasteiger partial charge on any atom is 0.255 e. The third kappa shape index (κ3) is 4.55. The summed E-state index contributed by atoms with van der Waals surface area (Å²) in [5, 5.41) is 9.34. The number of nitrogens with zero attached hydrogens (tertiary/aromatic N) is 3. The Hall–Kier alpha value is -1.35. The number of aliphatic hydroxyl groups excluding tert-OH is 1. The van der Waals surface area contributed by atoms with Crippen LogP contribution in [0.5, 0.6) is 0 Å². The summed E-state index contributed by atoms with van der Waals surface area (Å²) in [6, 6.07) is 4.06. The quantitative estimate of drug-likeness (QED) is 0.730. The Morgan fingerprint density at radius 3 is 2.93 bits per heavy atom. The molecule has 0 radical (unpaired) electrons. The number of carbonyl (C=O) groups is 1. The average molecular weight is 422 g/mol. The van der Waals surface area contributed by atoms with Gasteiger partial charge in [-0.15, -0.1) is 0 Å². The highest BCUT2D eigenvalue weighted by atomic mass is 32.2. The molecule has 29 heavy (non-hydrogen) atoms. The highest BCUT2D eigenvalue weighted by Crippen LogP contribution is 2.35. The molecule has 160 valence electrons. The zero-order valence-electron chi connectivity index (χ0n) is 17.1. The Labute approximate surface area is 176 Å². The molecule has 0 spiro atoms. The van der Waals surface area contributed by atoms with Crippen LogP contribution in [0.2, 0.25) is 0 Å². The lowest BCUT2D eigenvalue weighted by molar-refractivity contribution is -0.133. The fourth-order valence-corrected chi connectivity index (χ4v) is 5.32. The second-order valence-electron chi connectivity index (χ2n) is 8.45. The summed E-state index contributed by atoms with van der Waals surface area (Å²) < 4.78 is 7.47. The van der Waals surface area contributed by atoms with Crippen LogP contribution in [0.3, 0.4) is 0 Å². The average Bonchev–Trinajstić information content (AvgIpc) is 2.74. The van der Waals surface area contributed by atoms with Crippen LogP contribution < -0.4 is 5.56 Å². The Balaban J connectivity index is 1.49. The van der Waals surface area contributed by atoms with E-state index in [0.29, 0.717) is 38.6 Å². The first-order valence-electron chi connectivity index (χ1n) is 10.5. The number of aliphatic hydroxyl groups is 1. The number of ether oxygens (including phenoxy) is 1. The molecule has 2 saturated heterocycles. The van der Waals surface area contributed by atoms with Crippen molar-refractivity contribution in [2.45, 2.75) is 38.0 Å². The number of pyridine rings is 1. The number of aromatic nitrogens is 1. The van der Waals surface area contributed by atoms with Crippen molar-refractivity contribution in [1.29, 1.82) is 0 Å². The molecule has 0 unspecified atom stereocenters. The van der Waals surface area contributed by atoms with Gasteiger partial charge in [0.15, 0.2) is 0 Å². The molecular weight excluding hydrogens is 390 g/mol. The molecule has 1 aromatic rings. The van der Waals surface area contributed by atoms with E-state index >= 15 is 0 Å².